The maximum Gasteiger partial charge on any atom is 0.310 e. The Bertz CT molecular complexity index is 599. The summed E-state index contributed by atoms with van der Waals surface area (Å²) in [6, 6.07) is 9.53. The molecular weight excluding hydrogens is 340 g/mol. The summed E-state index contributed by atoms with van der Waals surface area (Å²) in [6.07, 6.45) is 1.92. The van der Waals surface area contributed by atoms with Gasteiger partial charge < -0.3 is 4.74 Å². The van der Waals surface area contributed by atoms with Crippen LogP contribution in [0.15, 0.2) is 30.3 Å². The van der Waals surface area contributed by atoms with Gasteiger partial charge in [-0.2, -0.15) is 12.7 Å². The molecule has 6 nitrogen and oxygen atoms in total. The molecule has 25 heavy (non-hydrogen) atoms. The SMILES string of the molecule is CCCN(CCC)S(=O)(=O)NCC(Cc1ccccc1)C(=O)OCC. The molecule has 0 fully saturated rings. The lowest BCUT2D eigenvalue weighted by molar-refractivity contribution is -0.147. The minimum absolute atomic E-state index is 0.0278. The van der Waals surface area contributed by atoms with Gasteiger partial charge in [-0.25, -0.2) is 4.72 Å². The van der Waals surface area contributed by atoms with Crippen molar-refractivity contribution in [1.29, 1.82) is 0 Å². The standard InChI is InChI=1S/C18H30N2O4S/c1-4-12-20(13-5-2)25(22,23)19-15-17(18(21)24-6-3)14-16-10-8-7-9-11-16/h7-11,17,19H,4-6,12-15H2,1-3H3. The zero-order valence-electron chi connectivity index (χ0n) is 15.4. The highest BCUT2D eigenvalue weighted by Crippen LogP contribution is 2.11. The number of hydrogen-bond donors (Lipinski definition) is 1. The van der Waals surface area contributed by atoms with Crippen LogP contribution in [-0.2, 0) is 26.2 Å². The summed E-state index contributed by atoms with van der Waals surface area (Å²) < 4.78 is 34.1. The summed E-state index contributed by atoms with van der Waals surface area (Å²) in [5, 5.41) is 0. The lowest BCUT2D eigenvalue weighted by atomic mass is 10.00. The van der Waals surface area contributed by atoms with Gasteiger partial charge in [-0.15, -0.1) is 0 Å². The molecule has 0 saturated carbocycles. The Labute approximate surface area is 151 Å². The lowest BCUT2D eigenvalue weighted by Crippen LogP contribution is -2.44. The fraction of sp³-hybridized carbons (Fsp3) is 0.611. The van der Waals surface area contributed by atoms with E-state index in [-0.39, 0.29) is 19.1 Å². The van der Waals surface area contributed by atoms with Crippen molar-refractivity contribution in [3.8, 4) is 0 Å². The van der Waals surface area contributed by atoms with Crippen molar-refractivity contribution >= 4 is 16.2 Å². The number of carbonyl (C=O) groups excluding carboxylic acids is 1. The molecule has 1 aromatic carbocycles. The Morgan fingerprint density at radius 1 is 1.12 bits per heavy atom. The predicted molar refractivity (Wildman–Crippen MR) is 99.3 cm³/mol. The highest BCUT2D eigenvalue weighted by molar-refractivity contribution is 7.87. The first-order chi connectivity index (χ1) is 11.9. The highest BCUT2D eigenvalue weighted by Gasteiger charge is 2.25. The van der Waals surface area contributed by atoms with Crippen LogP contribution in [0, 0.1) is 5.92 Å². The monoisotopic (exact) mass is 370 g/mol. The first kappa shape index (κ1) is 21.6. The molecule has 0 aromatic heterocycles. The smallest absolute Gasteiger partial charge is 0.310 e. The van der Waals surface area contributed by atoms with Gasteiger partial charge in [0.05, 0.1) is 12.5 Å². The summed E-state index contributed by atoms with van der Waals surface area (Å²) in [6.45, 7) is 6.85. The summed E-state index contributed by atoms with van der Waals surface area (Å²) in [7, 11) is -3.61. The van der Waals surface area contributed by atoms with E-state index in [1.807, 2.05) is 44.2 Å². The van der Waals surface area contributed by atoms with Gasteiger partial charge in [0.2, 0.25) is 0 Å². The van der Waals surface area contributed by atoms with Gasteiger partial charge in [-0.1, -0.05) is 44.2 Å². The zero-order valence-corrected chi connectivity index (χ0v) is 16.2. The number of hydrogen-bond acceptors (Lipinski definition) is 4. The van der Waals surface area contributed by atoms with Gasteiger partial charge in [0.15, 0.2) is 0 Å². The molecule has 0 radical (unpaired) electrons. The molecule has 0 spiro atoms. The fourth-order valence-electron chi connectivity index (χ4n) is 2.55. The van der Waals surface area contributed by atoms with Crippen LogP contribution in [0.25, 0.3) is 0 Å². The maximum atomic E-state index is 12.5. The van der Waals surface area contributed by atoms with Crippen LogP contribution in [0.3, 0.4) is 0 Å². The summed E-state index contributed by atoms with van der Waals surface area (Å²) >= 11 is 0. The predicted octanol–water partition coefficient (Wildman–Crippen LogP) is 2.36. The Hall–Kier alpha value is -1.44. The van der Waals surface area contributed by atoms with E-state index in [1.54, 1.807) is 6.92 Å². The van der Waals surface area contributed by atoms with Crippen LogP contribution in [0.4, 0.5) is 0 Å². The third-order valence-corrected chi connectivity index (χ3v) is 5.32. The molecule has 0 saturated heterocycles. The van der Waals surface area contributed by atoms with E-state index in [0.29, 0.717) is 19.5 Å². The number of ether oxygens (including phenoxy) is 1. The number of benzene rings is 1. The molecule has 0 aliphatic heterocycles. The first-order valence-electron chi connectivity index (χ1n) is 8.89. The van der Waals surface area contributed by atoms with Crippen molar-refractivity contribution in [2.75, 3.05) is 26.2 Å². The van der Waals surface area contributed by atoms with Crippen molar-refractivity contribution < 1.29 is 17.9 Å². The van der Waals surface area contributed by atoms with Gasteiger partial charge in [0.25, 0.3) is 10.2 Å². The third kappa shape index (κ3) is 7.54. The third-order valence-electron chi connectivity index (χ3n) is 3.74. The number of esters is 1. The normalized spacial score (nSPS) is 13.0. The summed E-state index contributed by atoms with van der Waals surface area (Å²) in [5.74, 6) is -0.936. The molecule has 1 atom stereocenters. The van der Waals surface area contributed by atoms with Gasteiger partial charge in [-0.3, -0.25) is 4.79 Å². The van der Waals surface area contributed by atoms with E-state index >= 15 is 0 Å². The number of carbonyl (C=O) groups is 1. The Morgan fingerprint density at radius 2 is 1.72 bits per heavy atom. The molecule has 0 heterocycles. The fourth-order valence-corrected chi connectivity index (χ4v) is 3.99. The van der Waals surface area contributed by atoms with Gasteiger partial charge in [0.1, 0.15) is 0 Å². The number of nitrogens with one attached hydrogen (secondary N) is 1. The number of rotatable bonds is 12. The van der Waals surface area contributed by atoms with Crippen molar-refractivity contribution in [2.24, 2.45) is 5.92 Å². The van der Waals surface area contributed by atoms with E-state index in [1.165, 1.54) is 4.31 Å². The van der Waals surface area contributed by atoms with E-state index in [9.17, 15) is 13.2 Å². The molecule has 1 N–H and O–H groups in total. The van der Waals surface area contributed by atoms with E-state index in [4.69, 9.17) is 4.74 Å². The number of nitrogens with zero attached hydrogens (tertiary/aromatic N) is 1. The summed E-state index contributed by atoms with van der Waals surface area (Å²) in [4.78, 5) is 12.2. The molecule has 0 bridgehead atoms. The largest absolute Gasteiger partial charge is 0.466 e. The first-order valence-corrected chi connectivity index (χ1v) is 10.3. The summed E-state index contributed by atoms with van der Waals surface area (Å²) in [5.41, 5.74) is 0.971. The minimum atomic E-state index is -3.61. The van der Waals surface area contributed by atoms with Crippen molar-refractivity contribution in [1.82, 2.24) is 9.03 Å². The van der Waals surface area contributed by atoms with Crippen LogP contribution < -0.4 is 4.72 Å². The van der Waals surface area contributed by atoms with Crippen LogP contribution in [-0.4, -0.2) is 44.9 Å². The van der Waals surface area contributed by atoms with Crippen LogP contribution in [0.5, 0.6) is 0 Å². The Balaban J connectivity index is 2.81. The van der Waals surface area contributed by atoms with Crippen molar-refractivity contribution in [2.45, 2.75) is 40.0 Å². The molecule has 1 unspecified atom stereocenters. The second-order valence-corrected chi connectivity index (χ2v) is 7.65. The molecular formula is C18H30N2O4S. The van der Waals surface area contributed by atoms with Crippen molar-refractivity contribution in [3.05, 3.63) is 35.9 Å². The topological polar surface area (TPSA) is 75.7 Å². The average molecular weight is 371 g/mol. The average Bonchev–Trinajstić information content (AvgIpc) is 2.59. The maximum absolute atomic E-state index is 12.5. The zero-order chi connectivity index (χ0) is 18.7. The molecule has 0 aliphatic rings. The molecule has 1 rings (SSSR count). The molecule has 7 heteroatoms. The quantitative estimate of drug-likeness (QED) is 0.573. The van der Waals surface area contributed by atoms with Crippen LogP contribution in [0.1, 0.15) is 39.2 Å². The molecule has 0 aliphatic carbocycles. The van der Waals surface area contributed by atoms with E-state index in [0.717, 1.165) is 18.4 Å². The second-order valence-electron chi connectivity index (χ2n) is 5.89. The van der Waals surface area contributed by atoms with Crippen LogP contribution in [0.2, 0.25) is 0 Å². The Kier molecular flexibility index (Phi) is 9.70. The van der Waals surface area contributed by atoms with Crippen LogP contribution >= 0.6 is 0 Å². The lowest BCUT2D eigenvalue weighted by Gasteiger charge is -2.23. The second kappa shape index (κ2) is 11.2. The van der Waals surface area contributed by atoms with Crippen molar-refractivity contribution in [3.63, 3.8) is 0 Å². The van der Waals surface area contributed by atoms with E-state index in [2.05, 4.69) is 4.72 Å². The van der Waals surface area contributed by atoms with Gasteiger partial charge in [0, 0.05) is 19.6 Å². The Morgan fingerprint density at radius 3 is 2.24 bits per heavy atom. The minimum Gasteiger partial charge on any atom is -0.466 e. The van der Waals surface area contributed by atoms with E-state index < -0.39 is 16.1 Å². The molecule has 1 aromatic rings. The highest BCUT2D eigenvalue weighted by atomic mass is 32.2. The molecule has 0 amide bonds. The van der Waals surface area contributed by atoms with Gasteiger partial charge >= 0.3 is 5.97 Å². The van der Waals surface area contributed by atoms with Gasteiger partial charge in [-0.05, 0) is 31.7 Å². The molecule has 142 valence electrons.